The maximum absolute atomic E-state index is 5.39. The van der Waals surface area contributed by atoms with E-state index < -0.39 is 0 Å². The fourth-order valence-electron chi connectivity index (χ4n) is 4.94. The molecule has 0 aromatic heterocycles. The van der Waals surface area contributed by atoms with Gasteiger partial charge in [0, 0.05) is 52.9 Å². The number of benzene rings is 6. The molecular weight excluding hydrogens is 740 g/mol. The number of methoxy groups -OCH3 is 2. The van der Waals surface area contributed by atoms with Gasteiger partial charge in [0.1, 0.15) is 11.5 Å². The van der Waals surface area contributed by atoms with E-state index in [1.165, 1.54) is 9.79 Å². The fourth-order valence-corrected chi connectivity index (χ4v) is 7.39. The summed E-state index contributed by atoms with van der Waals surface area (Å²) in [5.41, 5.74) is 6.44. The molecule has 0 fully saturated rings. The second-order valence-corrected chi connectivity index (χ2v) is 14.3. The highest BCUT2D eigenvalue weighted by Gasteiger charge is 2.15. The lowest BCUT2D eigenvalue weighted by atomic mass is 10.2. The summed E-state index contributed by atoms with van der Waals surface area (Å²) in [6, 6.07) is 50.4. The number of hydrogen-bond donors (Lipinski definition) is 0. The smallest absolute Gasteiger partial charge is 0.119 e. The average Bonchev–Trinajstić information content (AvgIpc) is 3.11. The van der Waals surface area contributed by atoms with Gasteiger partial charge in [-0.2, -0.15) is 0 Å². The van der Waals surface area contributed by atoms with Crippen LogP contribution in [0.2, 0.25) is 0 Å². The largest absolute Gasteiger partial charge is 0.497 e. The second-order valence-electron chi connectivity index (χ2n) is 10.2. The normalized spacial score (nSPS) is 10.8. The predicted octanol–water partition coefficient (Wildman–Crippen LogP) is 13.0. The Bertz CT molecular complexity index is 1710. The number of ether oxygens (including phenoxy) is 2. The first-order valence-electron chi connectivity index (χ1n) is 14.4. The summed E-state index contributed by atoms with van der Waals surface area (Å²) >= 11 is 7.13. The van der Waals surface area contributed by atoms with Crippen molar-refractivity contribution in [1.29, 1.82) is 0 Å². The monoisotopic (exact) mass is 768 g/mol. The van der Waals surface area contributed by atoms with E-state index >= 15 is 0 Å². The minimum atomic E-state index is 0.832. The highest BCUT2D eigenvalue weighted by atomic mass is 79.9. The Hall–Kier alpha value is -3.82. The lowest BCUT2D eigenvalue weighted by Gasteiger charge is -2.26. The molecule has 0 unspecified atom stereocenters. The van der Waals surface area contributed by atoms with Gasteiger partial charge in [0.25, 0.3) is 0 Å². The molecule has 0 N–H and O–H groups in total. The molecule has 0 radical (unpaired) electrons. The van der Waals surface area contributed by atoms with Crippen molar-refractivity contribution in [3.8, 4) is 11.5 Å². The van der Waals surface area contributed by atoms with Crippen molar-refractivity contribution in [3.63, 3.8) is 0 Å². The Morgan fingerprint density at radius 1 is 0.370 bits per heavy atom. The zero-order valence-corrected chi connectivity index (χ0v) is 29.9. The number of rotatable bonds is 11. The molecule has 0 aliphatic rings. The van der Waals surface area contributed by atoms with Crippen LogP contribution in [0, 0.1) is 0 Å². The van der Waals surface area contributed by atoms with Gasteiger partial charge in [-0.15, -0.1) is 0 Å². The lowest BCUT2D eigenvalue weighted by Crippen LogP contribution is -2.09. The molecule has 8 heteroatoms. The molecule has 230 valence electrons. The van der Waals surface area contributed by atoms with E-state index in [4.69, 9.17) is 9.47 Å². The maximum atomic E-state index is 5.39. The van der Waals surface area contributed by atoms with E-state index in [-0.39, 0.29) is 0 Å². The molecule has 0 saturated carbocycles. The molecule has 0 aliphatic heterocycles. The van der Waals surface area contributed by atoms with E-state index in [2.05, 4.69) is 163 Å². The molecule has 6 rings (SSSR count). The lowest BCUT2D eigenvalue weighted by molar-refractivity contribution is 0.414. The van der Waals surface area contributed by atoms with Crippen molar-refractivity contribution in [1.82, 2.24) is 0 Å². The van der Waals surface area contributed by atoms with E-state index in [0.29, 0.717) is 0 Å². The van der Waals surface area contributed by atoms with Gasteiger partial charge in [0.2, 0.25) is 0 Å². The second kappa shape index (κ2) is 15.2. The summed E-state index contributed by atoms with van der Waals surface area (Å²) in [4.78, 5) is 6.84. The van der Waals surface area contributed by atoms with Crippen LogP contribution >= 0.6 is 53.4 Å². The van der Waals surface area contributed by atoms with Gasteiger partial charge in [-0.1, -0.05) is 53.4 Å². The third-order valence-corrected chi connectivity index (χ3v) is 10.7. The molecule has 0 bridgehead atoms. The van der Waals surface area contributed by atoms with Crippen LogP contribution in [-0.2, 0) is 0 Å². The SMILES string of the molecule is COc1ccc(N(c2ccc(Br)cc2)c2ccc(SSc3ccc(N(c4ccc(Br)cc4)c4ccc(OC)cc4)cc3)cc2)cc1. The maximum Gasteiger partial charge on any atom is 0.119 e. The first-order valence-corrected chi connectivity index (χ1v) is 18.2. The number of halogens is 2. The molecule has 0 spiro atoms. The molecule has 0 saturated heterocycles. The van der Waals surface area contributed by atoms with Gasteiger partial charge >= 0.3 is 0 Å². The van der Waals surface area contributed by atoms with Crippen LogP contribution in [-0.4, -0.2) is 14.2 Å². The van der Waals surface area contributed by atoms with Crippen LogP contribution in [0.3, 0.4) is 0 Å². The first kappa shape index (κ1) is 32.1. The fraction of sp³-hybridized carbons (Fsp3) is 0.0526. The minimum absolute atomic E-state index is 0.832. The van der Waals surface area contributed by atoms with Gasteiger partial charge in [0.05, 0.1) is 14.2 Å². The van der Waals surface area contributed by atoms with Gasteiger partial charge < -0.3 is 19.3 Å². The average molecular weight is 771 g/mol. The first-order chi connectivity index (χ1) is 22.5. The van der Waals surface area contributed by atoms with Gasteiger partial charge in [0.15, 0.2) is 0 Å². The highest BCUT2D eigenvalue weighted by Crippen LogP contribution is 2.42. The van der Waals surface area contributed by atoms with Crippen molar-refractivity contribution >= 4 is 87.6 Å². The zero-order valence-electron chi connectivity index (χ0n) is 25.1. The Morgan fingerprint density at radius 2 is 0.609 bits per heavy atom. The van der Waals surface area contributed by atoms with E-state index in [1.54, 1.807) is 35.8 Å². The van der Waals surface area contributed by atoms with Crippen molar-refractivity contribution < 1.29 is 9.47 Å². The van der Waals surface area contributed by atoms with Crippen molar-refractivity contribution in [2.24, 2.45) is 0 Å². The Morgan fingerprint density at radius 3 is 0.870 bits per heavy atom. The Kier molecular flexibility index (Phi) is 10.6. The quantitative estimate of drug-likeness (QED) is 0.122. The number of hydrogen-bond acceptors (Lipinski definition) is 6. The van der Waals surface area contributed by atoms with Crippen LogP contribution < -0.4 is 19.3 Å². The Labute approximate surface area is 295 Å². The van der Waals surface area contributed by atoms with Crippen molar-refractivity contribution in [2.75, 3.05) is 24.0 Å². The summed E-state index contributed by atoms with van der Waals surface area (Å²) in [5.74, 6) is 1.66. The van der Waals surface area contributed by atoms with E-state index in [0.717, 1.165) is 54.6 Å². The molecule has 4 nitrogen and oxygen atoms in total. The van der Waals surface area contributed by atoms with Crippen LogP contribution in [0.4, 0.5) is 34.1 Å². The van der Waals surface area contributed by atoms with Crippen LogP contribution in [0.5, 0.6) is 11.5 Å². The highest BCUT2D eigenvalue weighted by molar-refractivity contribution is 9.10. The number of nitrogens with zero attached hydrogens (tertiary/aromatic N) is 2. The zero-order chi connectivity index (χ0) is 31.9. The van der Waals surface area contributed by atoms with Crippen LogP contribution in [0.15, 0.2) is 164 Å². The topological polar surface area (TPSA) is 24.9 Å². The standard InChI is InChI=1S/C38H30Br2N2O2S2/c1-43-35-19-11-31(12-20-35)41(29-7-3-27(39)4-8-29)33-15-23-37(24-16-33)45-46-38-25-17-34(18-26-38)42(30-9-5-28(40)6-10-30)32-13-21-36(44-2)22-14-32/h3-26H,1-2H3. The van der Waals surface area contributed by atoms with E-state index in [1.807, 2.05) is 24.3 Å². The van der Waals surface area contributed by atoms with Gasteiger partial charge in [-0.05, 0) is 146 Å². The third kappa shape index (κ3) is 7.76. The summed E-state index contributed by atoms with van der Waals surface area (Å²) < 4.78 is 12.9. The molecular formula is C38H30Br2N2O2S2. The van der Waals surface area contributed by atoms with Gasteiger partial charge in [-0.3, -0.25) is 0 Å². The van der Waals surface area contributed by atoms with Crippen LogP contribution in [0.1, 0.15) is 0 Å². The minimum Gasteiger partial charge on any atom is -0.497 e. The predicted molar refractivity (Wildman–Crippen MR) is 202 cm³/mol. The van der Waals surface area contributed by atoms with Crippen LogP contribution in [0.25, 0.3) is 0 Å². The Balaban J connectivity index is 1.18. The van der Waals surface area contributed by atoms with Gasteiger partial charge in [-0.25, -0.2) is 0 Å². The van der Waals surface area contributed by atoms with Crippen molar-refractivity contribution in [2.45, 2.75) is 9.79 Å². The summed E-state index contributed by atoms with van der Waals surface area (Å²) in [5, 5.41) is 0. The summed E-state index contributed by atoms with van der Waals surface area (Å²) in [6.45, 7) is 0. The molecule has 0 amide bonds. The van der Waals surface area contributed by atoms with E-state index in [9.17, 15) is 0 Å². The summed E-state index contributed by atoms with van der Waals surface area (Å²) in [6.07, 6.45) is 0. The van der Waals surface area contributed by atoms with Crippen molar-refractivity contribution in [3.05, 3.63) is 155 Å². The molecule has 0 aliphatic carbocycles. The molecule has 46 heavy (non-hydrogen) atoms. The third-order valence-electron chi connectivity index (χ3n) is 7.25. The molecule has 6 aromatic rings. The summed E-state index contributed by atoms with van der Waals surface area (Å²) in [7, 11) is 6.87. The molecule has 0 atom stereocenters. The number of anilines is 6. The molecule has 0 heterocycles. The molecule has 6 aromatic carbocycles.